The maximum atomic E-state index is 14.2. The molecular weight excluding hydrogens is 371 g/mol. The van der Waals surface area contributed by atoms with Crippen LogP contribution in [0.3, 0.4) is 0 Å². The summed E-state index contributed by atoms with van der Waals surface area (Å²) in [5.74, 6) is 1.46. The molecule has 1 saturated heterocycles. The molecule has 0 amide bonds. The summed E-state index contributed by atoms with van der Waals surface area (Å²) in [5.41, 5.74) is 2.85. The third-order valence-electron chi connectivity index (χ3n) is 6.12. The minimum absolute atomic E-state index is 0.134. The van der Waals surface area contributed by atoms with Crippen molar-refractivity contribution in [3.63, 3.8) is 0 Å². The van der Waals surface area contributed by atoms with Crippen LogP contribution in [0.1, 0.15) is 48.5 Å². The Morgan fingerprint density at radius 2 is 2.10 bits per heavy atom. The van der Waals surface area contributed by atoms with Crippen LogP contribution < -0.4 is 15.0 Å². The Labute approximate surface area is 171 Å². The molecule has 1 aliphatic heterocycles. The standard InChI is InChI=1S/C22H29FN4O2/c1-29-17-6-5-16(19(23)11-17)12-24-20-3-2-4-21-18(20)13-25-22(26-21)27-9-7-15(14-28)8-10-27/h5-6,11,13,15,20,24,28H,2-4,7-10,12,14H2,1H3. The maximum Gasteiger partial charge on any atom is 0.225 e. The van der Waals surface area contributed by atoms with Gasteiger partial charge in [-0.15, -0.1) is 0 Å². The number of methoxy groups -OCH3 is 1. The van der Waals surface area contributed by atoms with Crippen molar-refractivity contribution in [3.8, 4) is 5.75 Å². The molecule has 4 rings (SSSR count). The smallest absolute Gasteiger partial charge is 0.225 e. The van der Waals surface area contributed by atoms with Gasteiger partial charge in [0.2, 0.25) is 5.95 Å². The molecule has 1 aromatic heterocycles. The van der Waals surface area contributed by atoms with Gasteiger partial charge in [-0.25, -0.2) is 14.4 Å². The van der Waals surface area contributed by atoms with Gasteiger partial charge in [-0.3, -0.25) is 0 Å². The van der Waals surface area contributed by atoms with E-state index < -0.39 is 0 Å². The van der Waals surface area contributed by atoms with Crippen molar-refractivity contribution in [1.82, 2.24) is 15.3 Å². The highest BCUT2D eigenvalue weighted by atomic mass is 19.1. The first-order valence-electron chi connectivity index (χ1n) is 10.5. The van der Waals surface area contributed by atoms with Crippen LogP contribution in [0.25, 0.3) is 0 Å². The van der Waals surface area contributed by atoms with Gasteiger partial charge < -0.3 is 20.1 Å². The molecule has 1 unspecified atom stereocenters. The third-order valence-corrected chi connectivity index (χ3v) is 6.12. The largest absolute Gasteiger partial charge is 0.497 e. The van der Waals surface area contributed by atoms with Gasteiger partial charge in [0.05, 0.1) is 12.8 Å². The van der Waals surface area contributed by atoms with Crippen molar-refractivity contribution < 1.29 is 14.2 Å². The van der Waals surface area contributed by atoms with Gasteiger partial charge in [-0.05, 0) is 44.1 Å². The lowest BCUT2D eigenvalue weighted by atomic mass is 9.92. The number of nitrogens with one attached hydrogen (secondary N) is 1. The first-order chi connectivity index (χ1) is 14.2. The number of aliphatic hydroxyl groups excluding tert-OH is 1. The highest BCUT2D eigenvalue weighted by Gasteiger charge is 2.25. The average molecular weight is 400 g/mol. The van der Waals surface area contributed by atoms with Crippen molar-refractivity contribution >= 4 is 5.95 Å². The molecule has 1 aromatic carbocycles. The van der Waals surface area contributed by atoms with Crippen molar-refractivity contribution in [1.29, 1.82) is 0 Å². The predicted octanol–water partition coefficient (Wildman–Crippen LogP) is 3.00. The van der Waals surface area contributed by atoms with Crippen molar-refractivity contribution in [2.24, 2.45) is 5.92 Å². The Morgan fingerprint density at radius 3 is 2.83 bits per heavy atom. The number of anilines is 1. The zero-order valence-electron chi connectivity index (χ0n) is 16.9. The van der Waals surface area contributed by atoms with Crippen LogP contribution in [0.2, 0.25) is 0 Å². The summed E-state index contributed by atoms with van der Waals surface area (Å²) in [5, 5.41) is 12.8. The molecular formula is C22H29FN4O2. The maximum absolute atomic E-state index is 14.2. The van der Waals surface area contributed by atoms with E-state index >= 15 is 0 Å². The molecule has 2 aromatic rings. The molecule has 0 spiro atoms. The SMILES string of the molecule is COc1ccc(CNC2CCCc3nc(N4CCC(CO)CC4)ncc32)c(F)c1. The number of piperidine rings is 1. The molecule has 0 radical (unpaired) electrons. The molecule has 0 saturated carbocycles. The number of ether oxygens (including phenoxy) is 1. The van der Waals surface area contributed by atoms with Crippen molar-refractivity contribution in [2.45, 2.75) is 44.7 Å². The Kier molecular flexibility index (Phi) is 6.25. The monoisotopic (exact) mass is 400 g/mol. The summed E-state index contributed by atoms with van der Waals surface area (Å²) in [4.78, 5) is 11.7. The Bertz CT molecular complexity index is 840. The van der Waals surface area contributed by atoms with E-state index in [0.29, 0.717) is 23.8 Å². The van der Waals surface area contributed by atoms with Crippen LogP contribution in [-0.2, 0) is 13.0 Å². The van der Waals surface area contributed by atoms with Crippen LogP contribution in [-0.4, -0.2) is 41.9 Å². The summed E-state index contributed by atoms with van der Waals surface area (Å²) < 4.78 is 19.3. The fourth-order valence-corrected chi connectivity index (χ4v) is 4.25. The molecule has 0 bridgehead atoms. The number of fused-ring (bicyclic) bond motifs is 1. The second-order valence-corrected chi connectivity index (χ2v) is 7.97. The summed E-state index contributed by atoms with van der Waals surface area (Å²) in [7, 11) is 1.54. The first-order valence-corrected chi connectivity index (χ1v) is 10.5. The molecule has 2 N–H and O–H groups in total. The molecule has 29 heavy (non-hydrogen) atoms. The molecule has 7 heteroatoms. The number of nitrogens with zero attached hydrogens (tertiary/aromatic N) is 3. The Hall–Kier alpha value is -2.25. The number of aromatic nitrogens is 2. The minimum atomic E-state index is -0.259. The number of hydrogen-bond acceptors (Lipinski definition) is 6. The van der Waals surface area contributed by atoms with Gasteiger partial charge in [0.25, 0.3) is 0 Å². The minimum Gasteiger partial charge on any atom is -0.497 e. The van der Waals surface area contributed by atoms with E-state index in [4.69, 9.17) is 9.72 Å². The quantitative estimate of drug-likeness (QED) is 0.777. The lowest BCUT2D eigenvalue weighted by Gasteiger charge is -2.32. The van der Waals surface area contributed by atoms with E-state index in [1.807, 2.05) is 6.20 Å². The molecule has 2 aliphatic rings. The molecule has 1 aliphatic carbocycles. The molecule has 1 fully saturated rings. The Balaban J connectivity index is 1.43. The van der Waals surface area contributed by atoms with Crippen LogP contribution in [0, 0.1) is 11.7 Å². The fraction of sp³-hybridized carbons (Fsp3) is 0.545. The first kappa shape index (κ1) is 20.0. The zero-order valence-corrected chi connectivity index (χ0v) is 16.9. The van der Waals surface area contributed by atoms with Gasteiger partial charge in [0.1, 0.15) is 11.6 Å². The van der Waals surface area contributed by atoms with Crippen LogP contribution in [0.4, 0.5) is 10.3 Å². The lowest BCUT2D eigenvalue weighted by Crippen LogP contribution is -2.36. The summed E-state index contributed by atoms with van der Waals surface area (Å²) in [6, 6.07) is 5.10. The van der Waals surface area contributed by atoms with Gasteiger partial charge in [0, 0.05) is 55.7 Å². The van der Waals surface area contributed by atoms with E-state index in [2.05, 4.69) is 15.2 Å². The normalized spacial score (nSPS) is 19.8. The number of hydrogen-bond donors (Lipinski definition) is 2. The highest BCUT2D eigenvalue weighted by Crippen LogP contribution is 2.30. The topological polar surface area (TPSA) is 70.5 Å². The Morgan fingerprint density at radius 1 is 1.28 bits per heavy atom. The molecule has 2 heterocycles. The highest BCUT2D eigenvalue weighted by molar-refractivity contribution is 5.36. The van der Waals surface area contributed by atoms with E-state index in [-0.39, 0.29) is 18.5 Å². The summed E-state index contributed by atoms with van der Waals surface area (Å²) >= 11 is 0. The lowest BCUT2D eigenvalue weighted by molar-refractivity contribution is 0.202. The number of aliphatic hydroxyl groups is 1. The van der Waals surface area contributed by atoms with E-state index in [1.54, 1.807) is 12.1 Å². The summed E-state index contributed by atoms with van der Waals surface area (Å²) in [6.45, 7) is 2.50. The molecule has 6 nitrogen and oxygen atoms in total. The van der Waals surface area contributed by atoms with Gasteiger partial charge in [-0.1, -0.05) is 6.07 Å². The number of benzene rings is 1. The van der Waals surface area contributed by atoms with Gasteiger partial charge in [0.15, 0.2) is 0 Å². The second kappa shape index (κ2) is 9.05. The fourth-order valence-electron chi connectivity index (χ4n) is 4.25. The number of rotatable bonds is 6. The van der Waals surface area contributed by atoms with Crippen LogP contribution in [0.15, 0.2) is 24.4 Å². The zero-order chi connectivity index (χ0) is 20.2. The van der Waals surface area contributed by atoms with Gasteiger partial charge >= 0.3 is 0 Å². The van der Waals surface area contributed by atoms with Crippen molar-refractivity contribution in [3.05, 3.63) is 47.0 Å². The van der Waals surface area contributed by atoms with Crippen molar-refractivity contribution in [2.75, 3.05) is 31.7 Å². The molecule has 1 atom stereocenters. The van der Waals surface area contributed by atoms with Gasteiger partial charge in [-0.2, -0.15) is 0 Å². The number of halogens is 1. The predicted molar refractivity (Wildman–Crippen MR) is 110 cm³/mol. The second-order valence-electron chi connectivity index (χ2n) is 7.97. The van der Waals surface area contributed by atoms with Crippen LogP contribution >= 0.6 is 0 Å². The van der Waals surface area contributed by atoms with E-state index in [1.165, 1.54) is 13.2 Å². The number of aryl methyl sites for hydroxylation is 1. The molecule has 156 valence electrons. The third kappa shape index (κ3) is 4.51. The van der Waals surface area contributed by atoms with E-state index in [0.717, 1.165) is 62.4 Å². The van der Waals surface area contributed by atoms with Crippen LogP contribution in [0.5, 0.6) is 5.75 Å². The summed E-state index contributed by atoms with van der Waals surface area (Å²) in [6.07, 6.45) is 6.90. The average Bonchev–Trinajstić information content (AvgIpc) is 2.77. The van der Waals surface area contributed by atoms with E-state index in [9.17, 15) is 9.50 Å².